The fourth-order valence-electron chi connectivity index (χ4n) is 3.63. The Kier molecular flexibility index (Phi) is 6.04. The maximum absolute atomic E-state index is 13.0. The Bertz CT molecular complexity index is 1190. The van der Waals surface area contributed by atoms with Crippen molar-refractivity contribution >= 4 is 29.4 Å². The number of fused-ring (bicyclic) bond motifs is 1. The van der Waals surface area contributed by atoms with Gasteiger partial charge in [-0.1, -0.05) is 60.2 Å². The fraction of sp³-hybridized carbons (Fsp3) is 0.154. The number of amides is 3. The maximum Gasteiger partial charge on any atom is 0.330 e. The number of nitrogens with zero attached hydrogens (tertiary/aromatic N) is 1. The van der Waals surface area contributed by atoms with Gasteiger partial charge in [-0.2, -0.15) is 0 Å². The number of aryl methyl sites for hydroxylation is 1. The Balaban J connectivity index is 1.55. The lowest BCUT2D eigenvalue weighted by molar-refractivity contribution is -0.158. The molecule has 2 unspecified atom stereocenters. The number of ether oxygens (including phenoxy) is 1. The Morgan fingerprint density at radius 2 is 1.36 bits per heavy atom. The second kappa shape index (κ2) is 9.08. The summed E-state index contributed by atoms with van der Waals surface area (Å²) in [7, 11) is 0. The first kappa shape index (κ1) is 22.0. The minimum atomic E-state index is -1.27. The number of hydrogen-bond donors (Lipinski definition) is 1. The summed E-state index contributed by atoms with van der Waals surface area (Å²) in [6, 6.07) is 20.9. The molecule has 1 aliphatic rings. The highest BCUT2D eigenvalue weighted by Gasteiger charge is 2.42. The van der Waals surface area contributed by atoms with Crippen LogP contribution in [-0.4, -0.2) is 34.6 Å². The quantitative estimate of drug-likeness (QED) is 0.462. The molecule has 0 saturated carbocycles. The van der Waals surface area contributed by atoms with E-state index in [4.69, 9.17) is 4.74 Å². The zero-order valence-corrected chi connectivity index (χ0v) is 18.1. The average Bonchev–Trinajstić information content (AvgIpc) is 3.09. The number of rotatable bonds is 6. The van der Waals surface area contributed by atoms with Crippen molar-refractivity contribution in [1.82, 2.24) is 4.90 Å². The van der Waals surface area contributed by atoms with Crippen LogP contribution in [0.3, 0.4) is 0 Å². The van der Waals surface area contributed by atoms with Crippen LogP contribution in [0.1, 0.15) is 44.9 Å². The minimum absolute atomic E-state index is 0.235. The summed E-state index contributed by atoms with van der Waals surface area (Å²) < 4.78 is 5.57. The van der Waals surface area contributed by atoms with Gasteiger partial charge in [0.1, 0.15) is 6.04 Å². The van der Waals surface area contributed by atoms with Gasteiger partial charge in [0.05, 0.1) is 11.1 Å². The van der Waals surface area contributed by atoms with Crippen molar-refractivity contribution in [1.29, 1.82) is 0 Å². The zero-order chi connectivity index (χ0) is 23.5. The van der Waals surface area contributed by atoms with Crippen molar-refractivity contribution in [2.75, 3.05) is 5.32 Å². The highest BCUT2D eigenvalue weighted by Crippen LogP contribution is 2.27. The molecular weight excluding hydrogens is 420 g/mol. The second-order valence-electron chi connectivity index (χ2n) is 7.78. The number of benzene rings is 3. The summed E-state index contributed by atoms with van der Waals surface area (Å²) in [4.78, 5) is 52.4. The molecule has 1 heterocycles. The summed E-state index contributed by atoms with van der Waals surface area (Å²) in [6.07, 6.45) is -1.27. The molecule has 0 spiro atoms. The van der Waals surface area contributed by atoms with Gasteiger partial charge in [-0.3, -0.25) is 19.3 Å². The molecule has 3 amide bonds. The van der Waals surface area contributed by atoms with Crippen LogP contribution < -0.4 is 5.32 Å². The van der Waals surface area contributed by atoms with Crippen molar-refractivity contribution in [3.05, 3.63) is 101 Å². The Morgan fingerprint density at radius 1 is 0.818 bits per heavy atom. The molecule has 3 aromatic rings. The van der Waals surface area contributed by atoms with E-state index >= 15 is 0 Å². The van der Waals surface area contributed by atoms with Gasteiger partial charge in [0.25, 0.3) is 17.7 Å². The van der Waals surface area contributed by atoms with Crippen molar-refractivity contribution in [2.45, 2.75) is 26.0 Å². The standard InChI is InChI=1S/C26H22N2O5/c1-16-12-14-19(15-13-16)27-23(29)22(18-8-4-3-5-9-18)33-26(32)17(2)28-24(30)20-10-6-7-11-21(20)25(28)31/h3-15,17,22H,1-2H3,(H,27,29). The van der Waals surface area contributed by atoms with E-state index in [0.717, 1.165) is 10.5 Å². The van der Waals surface area contributed by atoms with Gasteiger partial charge >= 0.3 is 5.97 Å². The molecule has 0 saturated heterocycles. The van der Waals surface area contributed by atoms with Crippen LogP contribution in [0, 0.1) is 6.92 Å². The molecule has 2 atom stereocenters. The van der Waals surface area contributed by atoms with Gasteiger partial charge in [-0.15, -0.1) is 0 Å². The second-order valence-corrected chi connectivity index (χ2v) is 7.78. The number of anilines is 1. The Labute approximate surface area is 191 Å². The fourth-order valence-corrected chi connectivity index (χ4v) is 3.63. The van der Waals surface area contributed by atoms with E-state index < -0.39 is 35.8 Å². The molecule has 0 aromatic heterocycles. The van der Waals surface area contributed by atoms with Crippen molar-refractivity contribution in [3.8, 4) is 0 Å². The largest absolute Gasteiger partial charge is 0.446 e. The molecule has 0 fully saturated rings. The van der Waals surface area contributed by atoms with Crippen LogP contribution in [0.4, 0.5) is 5.69 Å². The molecule has 1 aliphatic heterocycles. The van der Waals surface area contributed by atoms with E-state index in [-0.39, 0.29) is 11.1 Å². The van der Waals surface area contributed by atoms with E-state index in [2.05, 4.69) is 5.32 Å². The molecular formula is C26H22N2O5. The van der Waals surface area contributed by atoms with E-state index in [9.17, 15) is 19.2 Å². The van der Waals surface area contributed by atoms with E-state index in [1.165, 1.54) is 19.1 Å². The predicted octanol–water partition coefficient (Wildman–Crippen LogP) is 3.90. The summed E-state index contributed by atoms with van der Waals surface area (Å²) in [6.45, 7) is 3.34. The van der Waals surface area contributed by atoms with Crippen molar-refractivity contribution in [2.24, 2.45) is 0 Å². The van der Waals surface area contributed by atoms with Crippen molar-refractivity contribution < 1.29 is 23.9 Å². The van der Waals surface area contributed by atoms with E-state index in [1.807, 2.05) is 19.1 Å². The molecule has 0 aliphatic carbocycles. The average molecular weight is 442 g/mol. The number of imide groups is 1. The smallest absolute Gasteiger partial charge is 0.330 e. The first-order chi connectivity index (χ1) is 15.9. The van der Waals surface area contributed by atoms with Crippen LogP contribution in [0.2, 0.25) is 0 Å². The van der Waals surface area contributed by atoms with Crippen LogP contribution in [-0.2, 0) is 14.3 Å². The van der Waals surface area contributed by atoms with Gasteiger partial charge < -0.3 is 10.1 Å². The highest BCUT2D eigenvalue weighted by atomic mass is 16.5. The number of nitrogens with one attached hydrogen (secondary N) is 1. The SMILES string of the molecule is Cc1ccc(NC(=O)C(OC(=O)C(C)N2C(=O)c3ccccc3C2=O)c2ccccc2)cc1. The monoisotopic (exact) mass is 442 g/mol. The minimum Gasteiger partial charge on any atom is -0.446 e. The third-order valence-electron chi connectivity index (χ3n) is 5.45. The highest BCUT2D eigenvalue weighted by molar-refractivity contribution is 6.22. The number of esters is 1. The van der Waals surface area contributed by atoms with E-state index in [1.54, 1.807) is 54.6 Å². The summed E-state index contributed by atoms with van der Waals surface area (Å²) >= 11 is 0. The van der Waals surface area contributed by atoms with Gasteiger partial charge in [-0.05, 0) is 38.1 Å². The number of carbonyl (C=O) groups excluding carboxylic acids is 4. The first-order valence-corrected chi connectivity index (χ1v) is 10.5. The Morgan fingerprint density at radius 3 is 1.94 bits per heavy atom. The number of hydrogen-bond acceptors (Lipinski definition) is 5. The molecule has 4 rings (SSSR count). The van der Waals surface area contributed by atoms with Gasteiger partial charge in [0, 0.05) is 11.3 Å². The summed E-state index contributed by atoms with van der Waals surface area (Å²) in [5.41, 5.74) is 2.52. The number of carbonyl (C=O) groups is 4. The molecule has 3 aromatic carbocycles. The first-order valence-electron chi connectivity index (χ1n) is 10.5. The lowest BCUT2D eigenvalue weighted by Crippen LogP contribution is -2.44. The lowest BCUT2D eigenvalue weighted by Gasteiger charge is -2.24. The summed E-state index contributed by atoms with van der Waals surface area (Å²) in [5, 5.41) is 2.75. The maximum atomic E-state index is 13.0. The molecule has 1 N–H and O–H groups in total. The molecule has 7 nitrogen and oxygen atoms in total. The van der Waals surface area contributed by atoms with Crippen molar-refractivity contribution in [3.63, 3.8) is 0 Å². The van der Waals surface area contributed by atoms with Crippen LogP contribution in [0.25, 0.3) is 0 Å². The van der Waals surface area contributed by atoms with Crippen LogP contribution in [0.15, 0.2) is 78.9 Å². The predicted molar refractivity (Wildman–Crippen MR) is 121 cm³/mol. The van der Waals surface area contributed by atoms with Gasteiger partial charge in [0.15, 0.2) is 0 Å². The molecule has 0 bridgehead atoms. The third kappa shape index (κ3) is 4.39. The molecule has 7 heteroatoms. The van der Waals surface area contributed by atoms with Gasteiger partial charge in [0.2, 0.25) is 6.10 Å². The van der Waals surface area contributed by atoms with Gasteiger partial charge in [-0.25, -0.2) is 4.79 Å². The third-order valence-corrected chi connectivity index (χ3v) is 5.45. The van der Waals surface area contributed by atoms with Crippen LogP contribution >= 0.6 is 0 Å². The van der Waals surface area contributed by atoms with Crippen LogP contribution in [0.5, 0.6) is 0 Å². The summed E-state index contributed by atoms with van der Waals surface area (Å²) in [5.74, 6) is -2.55. The zero-order valence-electron chi connectivity index (χ0n) is 18.1. The lowest BCUT2D eigenvalue weighted by atomic mass is 10.1. The van der Waals surface area contributed by atoms with E-state index in [0.29, 0.717) is 11.3 Å². The topological polar surface area (TPSA) is 92.8 Å². The molecule has 33 heavy (non-hydrogen) atoms. The molecule has 166 valence electrons. The molecule has 0 radical (unpaired) electrons. The normalized spacial score (nSPS) is 14.4. The Hall–Kier alpha value is -4.26.